The molecule has 0 aliphatic rings. The lowest BCUT2D eigenvalue weighted by atomic mass is 10.1. The third-order valence-corrected chi connectivity index (χ3v) is 5.05. The van der Waals surface area contributed by atoms with Gasteiger partial charge in [0.05, 0.1) is 18.2 Å². The van der Waals surface area contributed by atoms with Crippen molar-refractivity contribution >= 4 is 23.2 Å². The molecule has 0 saturated carbocycles. The van der Waals surface area contributed by atoms with Crippen molar-refractivity contribution < 1.29 is 14.3 Å². The number of hydrogen-bond donors (Lipinski definition) is 3. The molecule has 7 heteroatoms. The Bertz CT molecular complexity index is 1150. The first-order valence-electron chi connectivity index (χ1n) is 10.5. The fraction of sp³-hybridized carbons (Fsp3) is 0.192. The third kappa shape index (κ3) is 6.74. The van der Waals surface area contributed by atoms with E-state index in [1.165, 1.54) is 0 Å². The summed E-state index contributed by atoms with van der Waals surface area (Å²) in [5, 5.41) is 17.9. The largest absolute Gasteiger partial charge is 0.383 e. The predicted molar refractivity (Wildman–Crippen MR) is 128 cm³/mol. The van der Waals surface area contributed by atoms with Gasteiger partial charge in [-0.2, -0.15) is 5.26 Å². The lowest BCUT2D eigenvalue weighted by Gasteiger charge is -2.12. The highest BCUT2D eigenvalue weighted by Crippen LogP contribution is 2.22. The Morgan fingerprint density at radius 2 is 1.55 bits per heavy atom. The van der Waals surface area contributed by atoms with Crippen molar-refractivity contribution in [2.24, 2.45) is 0 Å². The molecule has 3 aromatic rings. The van der Waals surface area contributed by atoms with Gasteiger partial charge in [-0.15, -0.1) is 0 Å². The summed E-state index contributed by atoms with van der Waals surface area (Å²) in [6, 6.07) is 21.1. The van der Waals surface area contributed by atoms with Crippen LogP contribution in [0.2, 0.25) is 0 Å². The quantitative estimate of drug-likeness (QED) is 0.433. The van der Waals surface area contributed by atoms with Crippen molar-refractivity contribution in [1.29, 1.82) is 5.26 Å². The van der Waals surface area contributed by atoms with Crippen molar-refractivity contribution in [3.63, 3.8) is 0 Å². The maximum absolute atomic E-state index is 12.7. The molecule has 3 N–H and O–H groups in total. The van der Waals surface area contributed by atoms with Crippen LogP contribution in [-0.4, -0.2) is 32.1 Å². The van der Waals surface area contributed by atoms with E-state index < -0.39 is 0 Å². The standard InChI is InChI=1S/C26H26N4O3/c1-18-3-12-23(29-25(31)21-8-4-19(16-27)5-9-21)15-24(18)30-26(32)22-10-6-20(7-11-22)17-28-13-14-33-2/h3-12,15,28H,13-14,17H2,1-2H3,(H,29,31)(H,30,32). The molecule has 3 aromatic carbocycles. The van der Waals surface area contributed by atoms with E-state index in [9.17, 15) is 9.59 Å². The summed E-state index contributed by atoms with van der Waals surface area (Å²) >= 11 is 0. The smallest absolute Gasteiger partial charge is 0.255 e. The molecule has 0 aliphatic carbocycles. The molecule has 0 atom stereocenters. The Hall–Kier alpha value is -3.99. The molecule has 0 radical (unpaired) electrons. The molecular formula is C26H26N4O3. The summed E-state index contributed by atoms with van der Waals surface area (Å²) in [4.78, 5) is 25.2. The van der Waals surface area contributed by atoms with Gasteiger partial charge in [0, 0.05) is 42.7 Å². The highest BCUT2D eigenvalue weighted by Gasteiger charge is 2.11. The second-order valence-corrected chi connectivity index (χ2v) is 7.49. The van der Waals surface area contributed by atoms with E-state index in [4.69, 9.17) is 10.00 Å². The number of aryl methyl sites for hydroxylation is 1. The van der Waals surface area contributed by atoms with Crippen molar-refractivity contribution in [1.82, 2.24) is 5.32 Å². The zero-order valence-electron chi connectivity index (χ0n) is 18.6. The summed E-state index contributed by atoms with van der Waals surface area (Å²) in [7, 11) is 1.66. The van der Waals surface area contributed by atoms with Crippen LogP contribution in [0.5, 0.6) is 0 Å². The summed E-state index contributed by atoms with van der Waals surface area (Å²) < 4.78 is 5.01. The Kier molecular flexibility index (Phi) is 8.30. The molecule has 0 aliphatic heterocycles. The minimum atomic E-state index is -0.296. The normalized spacial score (nSPS) is 10.3. The Labute approximate surface area is 193 Å². The minimum absolute atomic E-state index is 0.229. The molecule has 3 rings (SSSR count). The van der Waals surface area contributed by atoms with Crippen LogP contribution >= 0.6 is 0 Å². The summed E-state index contributed by atoms with van der Waals surface area (Å²) in [5.41, 5.74) is 4.59. The molecule has 0 bridgehead atoms. The van der Waals surface area contributed by atoms with Gasteiger partial charge < -0.3 is 20.7 Å². The Morgan fingerprint density at radius 3 is 2.18 bits per heavy atom. The van der Waals surface area contributed by atoms with E-state index in [0.717, 1.165) is 17.7 Å². The molecule has 0 aromatic heterocycles. The summed E-state index contributed by atoms with van der Waals surface area (Å²) in [6.45, 7) is 3.99. The van der Waals surface area contributed by atoms with Gasteiger partial charge in [0.2, 0.25) is 0 Å². The highest BCUT2D eigenvalue weighted by atomic mass is 16.5. The summed E-state index contributed by atoms with van der Waals surface area (Å²) in [6.07, 6.45) is 0. The van der Waals surface area contributed by atoms with E-state index in [2.05, 4.69) is 16.0 Å². The SMILES string of the molecule is COCCNCc1ccc(C(=O)Nc2cc(NC(=O)c3ccc(C#N)cc3)ccc2C)cc1. The van der Waals surface area contributed by atoms with Crippen molar-refractivity contribution in [2.45, 2.75) is 13.5 Å². The topological polar surface area (TPSA) is 103 Å². The van der Waals surface area contributed by atoms with Crippen LogP contribution in [0.1, 0.15) is 37.4 Å². The number of amides is 2. The molecule has 168 valence electrons. The zero-order valence-corrected chi connectivity index (χ0v) is 18.6. The average molecular weight is 443 g/mol. The number of carbonyl (C=O) groups excluding carboxylic acids is 2. The minimum Gasteiger partial charge on any atom is -0.383 e. The zero-order chi connectivity index (χ0) is 23.6. The molecule has 2 amide bonds. The lowest BCUT2D eigenvalue weighted by Crippen LogP contribution is -2.18. The van der Waals surface area contributed by atoms with Crippen molar-refractivity contribution in [3.8, 4) is 6.07 Å². The van der Waals surface area contributed by atoms with E-state index >= 15 is 0 Å². The molecular weight excluding hydrogens is 416 g/mol. The van der Waals surface area contributed by atoms with Gasteiger partial charge in [0.25, 0.3) is 11.8 Å². The van der Waals surface area contributed by atoms with Gasteiger partial charge in [-0.25, -0.2) is 0 Å². The highest BCUT2D eigenvalue weighted by molar-refractivity contribution is 6.06. The van der Waals surface area contributed by atoms with Gasteiger partial charge in [-0.3, -0.25) is 9.59 Å². The fourth-order valence-corrected chi connectivity index (χ4v) is 3.11. The second kappa shape index (κ2) is 11.6. The van der Waals surface area contributed by atoms with E-state index in [1.54, 1.807) is 55.6 Å². The van der Waals surface area contributed by atoms with Gasteiger partial charge in [0.15, 0.2) is 0 Å². The third-order valence-electron chi connectivity index (χ3n) is 5.05. The number of ether oxygens (including phenoxy) is 1. The maximum atomic E-state index is 12.7. The van der Waals surface area contributed by atoms with Crippen LogP contribution in [0.25, 0.3) is 0 Å². The Morgan fingerprint density at radius 1 is 0.909 bits per heavy atom. The number of anilines is 2. The first-order valence-corrected chi connectivity index (χ1v) is 10.5. The van der Waals surface area contributed by atoms with E-state index in [-0.39, 0.29) is 11.8 Å². The number of nitriles is 1. The first kappa shape index (κ1) is 23.7. The van der Waals surface area contributed by atoms with Crippen molar-refractivity contribution in [3.05, 3.63) is 94.5 Å². The molecule has 33 heavy (non-hydrogen) atoms. The predicted octanol–water partition coefficient (Wildman–Crippen LogP) is 4.11. The van der Waals surface area contributed by atoms with Crippen LogP contribution < -0.4 is 16.0 Å². The molecule has 0 spiro atoms. The molecule has 0 fully saturated rings. The average Bonchev–Trinajstić information content (AvgIpc) is 2.84. The van der Waals surface area contributed by atoms with Gasteiger partial charge >= 0.3 is 0 Å². The lowest BCUT2D eigenvalue weighted by molar-refractivity contribution is 0.101. The number of nitrogens with one attached hydrogen (secondary N) is 3. The maximum Gasteiger partial charge on any atom is 0.255 e. The fourth-order valence-electron chi connectivity index (χ4n) is 3.11. The number of rotatable bonds is 9. The molecule has 0 unspecified atom stereocenters. The van der Waals surface area contributed by atoms with Crippen LogP contribution in [0.3, 0.4) is 0 Å². The van der Waals surface area contributed by atoms with Gasteiger partial charge in [-0.05, 0) is 66.6 Å². The van der Waals surface area contributed by atoms with Crippen LogP contribution in [0.15, 0.2) is 66.7 Å². The number of hydrogen-bond acceptors (Lipinski definition) is 5. The molecule has 0 heterocycles. The number of benzene rings is 3. The number of methoxy groups -OCH3 is 1. The van der Waals surface area contributed by atoms with Crippen LogP contribution in [0.4, 0.5) is 11.4 Å². The monoisotopic (exact) mass is 442 g/mol. The van der Waals surface area contributed by atoms with E-state index in [1.807, 2.05) is 31.2 Å². The van der Waals surface area contributed by atoms with Crippen molar-refractivity contribution in [2.75, 3.05) is 30.9 Å². The summed E-state index contributed by atoms with van der Waals surface area (Å²) in [5.74, 6) is -0.525. The van der Waals surface area contributed by atoms with E-state index in [0.29, 0.717) is 41.2 Å². The number of nitrogens with zero attached hydrogens (tertiary/aromatic N) is 1. The molecule has 7 nitrogen and oxygen atoms in total. The number of carbonyl (C=O) groups is 2. The second-order valence-electron chi connectivity index (χ2n) is 7.49. The van der Waals surface area contributed by atoms with Crippen LogP contribution in [0, 0.1) is 18.3 Å². The molecule has 0 saturated heterocycles. The van der Waals surface area contributed by atoms with Gasteiger partial charge in [0.1, 0.15) is 0 Å². The van der Waals surface area contributed by atoms with Crippen LogP contribution in [-0.2, 0) is 11.3 Å². The first-order chi connectivity index (χ1) is 16.0. The Balaban J connectivity index is 1.63. The van der Waals surface area contributed by atoms with Gasteiger partial charge in [-0.1, -0.05) is 18.2 Å².